The highest BCUT2D eigenvalue weighted by Crippen LogP contribution is 2.31. The van der Waals surface area contributed by atoms with Crippen LogP contribution in [0.4, 0.5) is 5.82 Å². The van der Waals surface area contributed by atoms with E-state index in [1.54, 1.807) is 17.7 Å². The average Bonchev–Trinajstić information content (AvgIpc) is 2.95. The number of nitrogens with zero attached hydrogens (tertiary/aromatic N) is 4. The molecular formula is C15H20N4OS. The maximum Gasteiger partial charge on any atom is 0.218 e. The first-order valence-electron chi connectivity index (χ1n) is 7.38. The Morgan fingerprint density at radius 1 is 1.43 bits per heavy atom. The Balaban J connectivity index is 1.75. The van der Waals surface area contributed by atoms with Crippen LogP contribution in [-0.4, -0.2) is 34.6 Å². The highest BCUT2D eigenvalue weighted by Gasteiger charge is 2.24. The minimum Gasteiger partial charge on any atom is -0.478 e. The molecule has 0 radical (unpaired) electrons. The monoisotopic (exact) mass is 304 g/mol. The number of hydrogen-bond acceptors (Lipinski definition) is 6. The van der Waals surface area contributed by atoms with Gasteiger partial charge in [0.05, 0.1) is 11.6 Å². The van der Waals surface area contributed by atoms with Crippen molar-refractivity contribution in [2.45, 2.75) is 32.6 Å². The Kier molecular flexibility index (Phi) is 4.34. The van der Waals surface area contributed by atoms with Crippen molar-refractivity contribution in [2.75, 3.05) is 24.6 Å². The van der Waals surface area contributed by atoms with Crippen LogP contribution in [0.25, 0.3) is 0 Å². The molecular weight excluding hydrogens is 284 g/mol. The highest BCUT2D eigenvalue weighted by atomic mass is 32.1. The van der Waals surface area contributed by atoms with E-state index in [-0.39, 0.29) is 0 Å². The Hall–Kier alpha value is -1.69. The van der Waals surface area contributed by atoms with Gasteiger partial charge in [-0.1, -0.05) is 0 Å². The van der Waals surface area contributed by atoms with E-state index < -0.39 is 0 Å². The lowest BCUT2D eigenvalue weighted by atomic mass is 9.99. The van der Waals surface area contributed by atoms with Crippen LogP contribution in [0.3, 0.4) is 0 Å². The van der Waals surface area contributed by atoms with Gasteiger partial charge in [-0.15, -0.1) is 11.3 Å². The van der Waals surface area contributed by atoms with E-state index in [9.17, 15) is 0 Å². The van der Waals surface area contributed by atoms with E-state index in [4.69, 9.17) is 4.74 Å². The summed E-state index contributed by atoms with van der Waals surface area (Å²) >= 11 is 1.77. The van der Waals surface area contributed by atoms with E-state index in [1.165, 1.54) is 11.4 Å². The molecule has 1 atom stereocenters. The van der Waals surface area contributed by atoms with E-state index in [1.807, 2.05) is 13.0 Å². The molecule has 3 rings (SSSR count). The van der Waals surface area contributed by atoms with Gasteiger partial charge in [-0.2, -0.15) is 0 Å². The Bertz CT molecular complexity index is 601. The first kappa shape index (κ1) is 14.3. The maximum atomic E-state index is 5.46. The minimum atomic E-state index is 0.503. The van der Waals surface area contributed by atoms with E-state index in [0.29, 0.717) is 18.4 Å². The van der Waals surface area contributed by atoms with Crippen LogP contribution < -0.4 is 9.64 Å². The molecule has 0 aromatic carbocycles. The van der Waals surface area contributed by atoms with Gasteiger partial charge in [0.1, 0.15) is 12.1 Å². The second kappa shape index (κ2) is 6.39. The first-order valence-corrected chi connectivity index (χ1v) is 8.26. The topological polar surface area (TPSA) is 51.1 Å². The second-order valence-corrected chi connectivity index (χ2v) is 6.15. The Labute approximate surface area is 129 Å². The number of aryl methyl sites for hydroxylation is 1. The van der Waals surface area contributed by atoms with Gasteiger partial charge in [0.25, 0.3) is 0 Å². The van der Waals surface area contributed by atoms with Crippen molar-refractivity contribution < 1.29 is 4.74 Å². The lowest BCUT2D eigenvalue weighted by molar-refractivity contribution is 0.326. The summed E-state index contributed by atoms with van der Waals surface area (Å²) < 4.78 is 5.46. The molecule has 0 amide bonds. The summed E-state index contributed by atoms with van der Waals surface area (Å²) in [6.45, 7) is 6.64. The number of ether oxygens (including phenoxy) is 1. The molecule has 0 bridgehead atoms. The van der Waals surface area contributed by atoms with Crippen LogP contribution >= 0.6 is 11.3 Å². The van der Waals surface area contributed by atoms with Crippen molar-refractivity contribution >= 4 is 17.2 Å². The number of anilines is 1. The third kappa shape index (κ3) is 3.32. The lowest BCUT2D eigenvalue weighted by Crippen LogP contribution is -2.35. The van der Waals surface area contributed by atoms with Crippen LogP contribution in [0.5, 0.6) is 5.88 Å². The van der Waals surface area contributed by atoms with Crippen molar-refractivity contribution in [3.63, 3.8) is 0 Å². The SMILES string of the molecule is CCOc1cc(N2CCCC(c3nc(C)cs3)C2)ncn1. The smallest absolute Gasteiger partial charge is 0.218 e. The van der Waals surface area contributed by atoms with Gasteiger partial charge in [0.15, 0.2) is 0 Å². The fraction of sp³-hybridized carbons (Fsp3) is 0.533. The largest absolute Gasteiger partial charge is 0.478 e. The standard InChI is InChI=1S/C15H20N4OS/c1-3-20-14-7-13(16-10-17-14)19-6-4-5-12(8-19)15-18-11(2)9-21-15/h7,9-10,12H,3-6,8H2,1-2H3. The summed E-state index contributed by atoms with van der Waals surface area (Å²) in [6, 6.07) is 1.93. The van der Waals surface area contributed by atoms with Crippen molar-refractivity contribution in [1.82, 2.24) is 15.0 Å². The molecule has 1 unspecified atom stereocenters. The minimum absolute atomic E-state index is 0.503. The van der Waals surface area contributed by atoms with Gasteiger partial charge in [-0.3, -0.25) is 0 Å². The summed E-state index contributed by atoms with van der Waals surface area (Å²) in [6.07, 6.45) is 3.95. The highest BCUT2D eigenvalue weighted by molar-refractivity contribution is 7.09. The van der Waals surface area contributed by atoms with E-state index in [0.717, 1.165) is 31.0 Å². The Morgan fingerprint density at radius 2 is 2.33 bits per heavy atom. The lowest BCUT2D eigenvalue weighted by Gasteiger charge is -2.32. The van der Waals surface area contributed by atoms with Crippen LogP contribution in [0, 0.1) is 6.92 Å². The summed E-state index contributed by atoms with van der Waals surface area (Å²) in [5.41, 5.74) is 1.12. The van der Waals surface area contributed by atoms with Gasteiger partial charge in [-0.25, -0.2) is 15.0 Å². The number of hydrogen-bond donors (Lipinski definition) is 0. The maximum absolute atomic E-state index is 5.46. The number of aromatic nitrogens is 3. The zero-order valence-corrected chi connectivity index (χ0v) is 13.3. The summed E-state index contributed by atoms with van der Waals surface area (Å²) in [4.78, 5) is 15.5. The van der Waals surface area contributed by atoms with Gasteiger partial charge >= 0.3 is 0 Å². The van der Waals surface area contributed by atoms with Gasteiger partial charge < -0.3 is 9.64 Å². The molecule has 0 saturated carbocycles. The molecule has 1 fully saturated rings. The first-order chi connectivity index (χ1) is 10.3. The van der Waals surface area contributed by atoms with Crippen molar-refractivity contribution in [3.8, 4) is 5.88 Å². The van der Waals surface area contributed by atoms with Crippen LogP contribution in [0.1, 0.15) is 36.4 Å². The van der Waals surface area contributed by atoms with Crippen molar-refractivity contribution in [1.29, 1.82) is 0 Å². The summed E-state index contributed by atoms with van der Waals surface area (Å²) in [7, 11) is 0. The van der Waals surface area contributed by atoms with Crippen molar-refractivity contribution in [2.24, 2.45) is 0 Å². The third-order valence-electron chi connectivity index (χ3n) is 3.65. The normalized spacial score (nSPS) is 18.8. The molecule has 1 aliphatic heterocycles. The van der Waals surface area contributed by atoms with Crippen molar-refractivity contribution in [3.05, 3.63) is 28.5 Å². The molecule has 112 valence electrons. The van der Waals surface area contributed by atoms with Gasteiger partial charge in [-0.05, 0) is 26.7 Å². The predicted octanol–water partition coefficient (Wildman–Crippen LogP) is 3.02. The fourth-order valence-corrected chi connectivity index (χ4v) is 3.60. The molecule has 3 heterocycles. The molecule has 5 nitrogen and oxygen atoms in total. The van der Waals surface area contributed by atoms with Crippen LogP contribution in [-0.2, 0) is 0 Å². The molecule has 0 N–H and O–H groups in total. The van der Waals surface area contributed by atoms with Crippen LogP contribution in [0.2, 0.25) is 0 Å². The molecule has 0 aliphatic carbocycles. The molecule has 1 saturated heterocycles. The Morgan fingerprint density at radius 3 is 3.10 bits per heavy atom. The number of piperidine rings is 1. The average molecular weight is 304 g/mol. The molecule has 0 spiro atoms. The molecule has 2 aromatic rings. The number of rotatable bonds is 4. The molecule has 6 heteroatoms. The fourth-order valence-electron chi connectivity index (χ4n) is 2.68. The quantitative estimate of drug-likeness (QED) is 0.869. The van der Waals surface area contributed by atoms with E-state index in [2.05, 4.69) is 32.2 Å². The van der Waals surface area contributed by atoms with Crippen LogP contribution in [0.15, 0.2) is 17.8 Å². The molecule has 1 aliphatic rings. The summed E-state index contributed by atoms with van der Waals surface area (Å²) in [5, 5.41) is 3.38. The molecule has 21 heavy (non-hydrogen) atoms. The second-order valence-electron chi connectivity index (χ2n) is 5.26. The summed E-state index contributed by atoms with van der Waals surface area (Å²) in [5.74, 6) is 2.10. The molecule has 2 aromatic heterocycles. The zero-order chi connectivity index (χ0) is 14.7. The number of thiazole rings is 1. The van der Waals surface area contributed by atoms with Gasteiger partial charge in [0, 0.05) is 36.1 Å². The third-order valence-corrected chi connectivity index (χ3v) is 4.78. The van der Waals surface area contributed by atoms with E-state index >= 15 is 0 Å². The predicted molar refractivity (Wildman–Crippen MR) is 84.2 cm³/mol. The zero-order valence-electron chi connectivity index (χ0n) is 12.5. The van der Waals surface area contributed by atoms with Gasteiger partial charge in [0.2, 0.25) is 5.88 Å².